The molecule has 2 aromatic rings. The van der Waals surface area contributed by atoms with E-state index in [1.54, 1.807) is 31.4 Å². The van der Waals surface area contributed by atoms with Crippen molar-refractivity contribution >= 4 is 23.2 Å². The summed E-state index contributed by atoms with van der Waals surface area (Å²) in [4.78, 5) is 26.9. The Bertz CT molecular complexity index is 849. The summed E-state index contributed by atoms with van der Waals surface area (Å²) >= 11 is 0. The van der Waals surface area contributed by atoms with Gasteiger partial charge in [0.05, 0.1) is 27.4 Å². The van der Waals surface area contributed by atoms with Gasteiger partial charge in [-0.2, -0.15) is 0 Å². The van der Waals surface area contributed by atoms with Crippen LogP contribution < -0.4 is 25.2 Å². The Labute approximate surface area is 183 Å². The lowest BCUT2D eigenvalue weighted by Gasteiger charge is -2.23. The minimum Gasteiger partial charge on any atom is -0.497 e. The lowest BCUT2D eigenvalue weighted by molar-refractivity contribution is -0.921. The highest BCUT2D eigenvalue weighted by atomic mass is 16.5. The number of morpholine rings is 1. The van der Waals surface area contributed by atoms with Gasteiger partial charge in [-0.3, -0.25) is 9.59 Å². The monoisotopic (exact) mass is 428 g/mol. The Morgan fingerprint density at radius 1 is 0.935 bits per heavy atom. The van der Waals surface area contributed by atoms with Crippen LogP contribution in [-0.4, -0.2) is 65.4 Å². The van der Waals surface area contributed by atoms with Crippen molar-refractivity contribution in [2.45, 2.75) is 6.54 Å². The third kappa shape index (κ3) is 7.67. The fraction of sp³-hybridized carbons (Fsp3) is 0.391. The summed E-state index contributed by atoms with van der Waals surface area (Å²) in [5, 5.41) is 5.74. The van der Waals surface area contributed by atoms with Crippen LogP contribution in [0, 0.1) is 0 Å². The van der Waals surface area contributed by atoms with Crippen LogP contribution in [0.5, 0.6) is 5.75 Å². The molecule has 0 spiro atoms. The van der Waals surface area contributed by atoms with Crippen molar-refractivity contribution in [3.63, 3.8) is 0 Å². The van der Waals surface area contributed by atoms with Gasteiger partial charge in [-0.05, 0) is 36.4 Å². The summed E-state index contributed by atoms with van der Waals surface area (Å²) in [6.45, 7) is 5.05. The lowest BCUT2D eigenvalue weighted by Crippen LogP contribution is -3.12. The number of benzene rings is 2. The molecule has 2 amide bonds. The van der Waals surface area contributed by atoms with E-state index in [-0.39, 0.29) is 24.9 Å². The Morgan fingerprint density at radius 2 is 1.45 bits per heavy atom. The van der Waals surface area contributed by atoms with E-state index in [0.717, 1.165) is 49.2 Å². The predicted octanol–water partition coefficient (Wildman–Crippen LogP) is -0.798. The molecule has 1 fully saturated rings. The second kappa shape index (κ2) is 11.5. The van der Waals surface area contributed by atoms with E-state index in [1.807, 2.05) is 19.2 Å². The number of carbonyl (C=O) groups excluding carboxylic acids is 2. The lowest BCUT2D eigenvalue weighted by atomic mass is 10.2. The molecule has 2 aromatic carbocycles. The van der Waals surface area contributed by atoms with Gasteiger partial charge in [0, 0.05) is 16.9 Å². The average molecular weight is 429 g/mol. The van der Waals surface area contributed by atoms with Crippen molar-refractivity contribution in [1.82, 2.24) is 0 Å². The first-order chi connectivity index (χ1) is 15.0. The van der Waals surface area contributed by atoms with Crippen LogP contribution in [-0.2, 0) is 20.9 Å². The molecule has 8 heteroatoms. The van der Waals surface area contributed by atoms with E-state index in [9.17, 15) is 9.59 Å². The molecule has 31 heavy (non-hydrogen) atoms. The van der Waals surface area contributed by atoms with Crippen LogP contribution in [0.1, 0.15) is 5.56 Å². The number of amides is 2. The van der Waals surface area contributed by atoms with Crippen molar-refractivity contribution < 1.29 is 28.9 Å². The van der Waals surface area contributed by atoms with E-state index in [0.29, 0.717) is 5.69 Å². The molecule has 1 heterocycles. The van der Waals surface area contributed by atoms with E-state index >= 15 is 0 Å². The molecular formula is C23H32N4O4+2. The van der Waals surface area contributed by atoms with Crippen molar-refractivity contribution in [1.29, 1.82) is 0 Å². The van der Waals surface area contributed by atoms with Gasteiger partial charge >= 0.3 is 0 Å². The number of likely N-dealkylation sites (N-methyl/N-ethyl adjacent to an activating group) is 1. The number of ether oxygens (including phenoxy) is 2. The minimum absolute atomic E-state index is 0.124. The van der Waals surface area contributed by atoms with Gasteiger partial charge in [-0.25, -0.2) is 0 Å². The van der Waals surface area contributed by atoms with Crippen LogP contribution in [0.2, 0.25) is 0 Å². The Kier molecular flexibility index (Phi) is 8.40. The van der Waals surface area contributed by atoms with Crippen molar-refractivity contribution in [3.05, 3.63) is 54.1 Å². The Balaban J connectivity index is 1.40. The second-order valence-electron chi connectivity index (χ2n) is 7.87. The maximum Gasteiger partial charge on any atom is 0.279 e. The Hall–Kier alpha value is -2.94. The summed E-state index contributed by atoms with van der Waals surface area (Å²) in [7, 11) is 3.42. The summed E-state index contributed by atoms with van der Waals surface area (Å²) in [6, 6.07) is 15.1. The van der Waals surface area contributed by atoms with Gasteiger partial charge < -0.3 is 29.9 Å². The number of anilines is 2. The van der Waals surface area contributed by atoms with E-state index in [4.69, 9.17) is 9.47 Å². The number of quaternary nitrogens is 2. The number of methoxy groups -OCH3 is 1. The van der Waals surface area contributed by atoms with E-state index in [1.165, 1.54) is 10.5 Å². The topological polar surface area (TPSA) is 85.5 Å². The first-order valence-electron chi connectivity index (χ1n) is 10.6. The van der Waals surface area contributed by atoms with Crippen molar-refractivity contribution in [3.8, 4) is 5.75 Å². The maximum absolute atomic E-state index is 12.3. The fourth-order valence-corrected chi connectivity index (χ4v) is 3.53. The molecule has 0 saturated carbocycles. The number of hydrogen-bond acceptors (Lipinski definition) is 4. The number of nitrogens with one attached hydrogen (secondary N) is 4. The SMILES string of the molecule is COc1ccc(NC(=O)C[NH+](C)CC(=O)Nc2ccc(C[NH+]3CCOCC3)cc2)cc1. The summed E-state index contributed by atoms with van der Waals surface area (Å²) in [6.07, 6.45) is 0. The largest absolute Gasteiger partial charge is 0.497 e. The number of hydrogen-bond donors (Lipinski definition) is 4. The maximum atomic E-state index is 12.3. The fourth-order valence-electron chi connectivity index (χ4n) is 3.53. The molecule has 1 atom stereocenters. The van der Waals surface area contributed by atoms with Gasteiger partial charge in [0.1, 0.15) is 25.4 Å². The van der Waals surface area contributed by atoms with E-state index in [2.05, 4.69) is 22.8 Å². The number of carbonyl (C=O) groups is 2. The van der Waals surface area contributed by atoms with Crippen LogP contribution in [0.3, 0.4) is 0 Å². The summed E-state index contributed by atoms with van der Waals surface area (Å²) < 4.78 is 10.5. The van der Waals surface area contributed by atoms with E-state index < -0.39 is 0 Å². The first kappa shape index (κ1) is 22.7. The van der Waals surface area contributed by atoms with Gasteiger partial charge in [-0.15, -0.1) is 0 Å². The zero-order valence-electron chi connectivity index (χ0n) is 18.2. The van der Waals surface area contributed by atoms with Crippen LogP contribution in [0.25, 0.3) is 0 Å². The van der Waals surface area contributed by atoms with Gasteiger partial charge in [0.25, 0.3) is 11.8 Å². The normalized spacial score (nSPS) is 15.2. The summed E-state index contributed by atoms with van der Waals surface area (Å²) in [5.41, 5.74) is 2.70. The molecule has 1 aliphatic rings. The van der Waals surface area contributed by atoms with Crippen molar-refractivity contribution in [2.75, 3.05) is 64.2 Å². The molecule has 0 aliphatic carbocycles. The van der Waals surface area contributed by atoms with Crippen LogP contribution in [0.4, 0.5) is 11.4 Å². The zero-order chi connectivity index (χ0) is 22.1. The molecule has 4 N–H and O–H groups in total. The third-order valence-electron chi connectivity index (χ3n) is 5.19. The highest BCUT2D eigenvalue weighted by Crippen LogP contribution is 2.14. The molecular weight excluding hydrogens is 396 g/mol. The molecule has 1 unspecified atom stereocenters. The Morgan fingerprint density at radius 3 is 1.97 bits per heavy atom. The molecule has 1 aliphatic heterocycles. The van der Waals surface area contributed by atoms with Crippen LogP contribution in [0.15, 0.2) is 48.5 Å². The highest BCUT2D eigenvalue weighted by Gasteiger charge is 2.16. The number of rotatable bonds is 9. The molecule has 0 aromatic heterocycles. The second-order valence-corrected chi connectivity index (χ2v) is 7.87. The molecule has 1 saturated heterocycles. The molecule has 0 bridgehead atoms. The average Bonchev–Trinajstić information content (AvgIpc) is 2.76. The molecule has 0 radical (unpaired) electrons. The van der Waals surface area contributed by atoms with Crippen molar-refractivity contribution in [2.24, 2.45) is 0 Å². The van der Waals surface area contributed by atoms with Gasteiger partial charge in [0.2, 0.25) is 0 Å². The molecule has 166 valence electrons. The highest BCUT2D eigenvalue weighted by molar-refractivity contribution is 5.93. The smallest absolute Gasteiger partial charge is 0.279 e. The molecule has 8 nitrogen and oxygen atoms in total. The minimum atomic E-state index is -0.148. The quantitative estimate of drug-likeness (QED) is 0.422. The van der Waals surface area contributed by atoms with Gasteiger partial charge in [0.15, 0.2) is 13.1 Å². The zero-order valence-corrected chi connectivity index (χ0v) is 18.2. The summed E-state index contributed by atoms with van der Waals surface area (Å²) in [5.74, 6) is 0.458. The first-order valence-corrected chi connectivity index (χ1v) is 10.6. The van der Waals surface area contributed by atoms with Crippen LogP contribution >= 0.6 is 0 Å². The van der Waals surface area contributed by atoms with Gasteiger partial charge in [-0.1, -0.05) is 12.1 Å². The molecule has 3 rings (SSSR count). The standard InChI is InChI=1S/C23H30N4O4/c1-26(17-23(29)25-20-7-9-21(30-2)10-8-20)16-22(28)24-19-5-3-18(4-6-19)15-27-11-13-31-14-12-27/h3-10H,11-17H2,1-2H3,(H,24,28)(H,25,29)/p+2. The third-order valence-corrected chi connectivity index (χ3v) is 5.19. The predicted molar refractivity (Wildman–Crippen MR) is 119 cm³/mol.